The fraction of sp³-hybridized carbons (Fsp3) is 0.923. The zero-order chi connectivity index (χ0) is 12.6. The van der Waals surface area contributed by atoms with Crippen molar-refractivity contribution in [3.63, 3.8) is 0 Å². The number of hydrogen-bond donors (Lipinski definition) is 2. The summed E-state index contributed by atoms with van der Waals surface area (Å²) >= 11 is 0. The Bertz CT molecular complexity index is 307. The lowest BCUT2D eigenvalue weighted by Crippen LogP contribution is -2.48. The van der Waals surface area contributed by atoms with Crippen LogP contribution in [0, 0.1) is 17.8 Å². The minimum atomic E-state index is -0.308. The van der Waals surface area contributed by atoms with Crippen LogP contribution in [-0.2, 0) is 9.53 Å². The summed E-state index contributed by atoms with van der Waals surface area (Å²) < 4.78 is 5.29. The monoisotopic (exact) mass is 276 g/mol. The van der Waals surface area contributed by atoms with Gasteiger partial charge in [0.25, 0.3) is 0 Å². The molecular weight excluding hydrogens is 252 g/mol. The van der Waals surface area contributed by atoms with Gasteiger partial charge in [-0.3, -0.25) is 4.79 Å². The molecule has 1 amide bonds. The zero-order valence-electron chi connectivity index (χ0n) is 11.4. The van der Waals surface area contributed by atoms with E-state index < -0.39 is 0 Å². The second-order valence-corrected chi connectivity index (χ2v) is 6.12. The Morgan fingerprint density at radius 1 is 1.39 bits per heavy atom. The maximum Gasteiger partial charge on any atom is 0.225 e. The van der Waals surface area contributed by atoms with Crippen LogP contribution in [0.5, 0.6) is 0 Å². The van der Waals surface area contributed by atoms with Crippen LogP contribution in [0.2, 0.25) is 0 Å². The average Bonchev–Trinajstić information content (AvgIpc) is 2.86. The van der Waals surface area contributed by atoms with E-state index in [2.05, 4.69) is 5.32 Å². The molecule has 4 unspecified atom stereocenters. The number of nitrogens with one attached hydrogen (secondary N) is 1. The van der Waals surface area contributed by atoms with Crippen LogP contribution < -0.4 is 11.1 Å². The molecule has 0 aromatic carbocycles. The number of ether oxygens (including phenoxy) is 1. The maximum absolute atomic E-state index is 12.2. The van der Waals surface area contributed by atoms with Gasteiger partial charge in [0, 0.05) is 19.7 Å². The van der Waals surface area contributed by atoms with Crippen molar-refractivity contribution < 1.29 is 9.53 Å². The quantitative estimate of drug-likeness (QED) is 0.814. The SMILES string of the molecule is COC(C)(C)CNC(=O)C1C2CCC(C2)C1N.Cl. The number of carbonyl (C=O) groups excluding carboxylic acids is 1. The van der Waals surface area contributed by atoms with Gasteiger partial charge in [-0.1, -0.05) is 0 Å². The summed E-state index contributed by atoms with van der Waals surface area (Å²) in [4.78, 5) is 12.2. The molecule has 18 heavy (non-hydrogen) atoms. The number of nitrogens with two attached hydrogens (primary N) is 1. The third-order valence-corrected chi connectivity index (χ3v) is 4.52. The lowest BCUT2D eigenvalue weighted by molar-refractivity contribution is -0.128. The van der Waals surface area contributed by atoms with Crippen molar-refractivity contribution in [2.45, 2.75) is 44.8 Å². The summed E-state index contributed by atoms with van der Waals surface area (Å²) in [6.45, 7) is 4.48. The highest BCUT2D eigenvalue weighted by atomic mass is 35.5. The number of hydrogen-bond acceptors (Lipinski definition) is 3. The first-order valence-electron chi connectivity index (χ1n) is 6.53. The Labute approximate surface area is 115 Å². The second kappa shape index (κ2) is 5.76. The molecule has 3 N–H and O–H groups in total. The van der Waals surface area contributed by atoms with E-state index >= 15 is 0 Å². The molecule has 106 valence electrons. The number of rotatable bonds is 4. The van der Waals surface area contributed by atoms with Crippen molar-refractivity contribution in [3.05, 3.63) is 0 Å². The van der Waals surface area contributed by atoms with Crippen LogP contribution in [-0.4, -0.2) is 31.2 Å². The van der Waals surface area contributed by atoms with E-state index in [1.54, 1.807) is 7.11 Å². The van der Waals surface area contributed by atoms with Crippen molar-refractivity contribution >= 4 is 18.3 Å². The van der Waals surface area contributed by atoms with Crippen molar-refractivity contribution in [2.75, 3.05) is 13.7 Å². The highest BCUT2D eigenvalue weighted by molar-refractivity contribution is 5.85. The summed E-state index contributed by atoms with van der Waals surface area (Å²) in [5.41, 5.74) is 5.84. The topological polar surface area (TPSA) is 64.3 Å². The highest BCUT2D eigenvalue weighted by Crippen LogP contribution is 2.47. The summed E-state index contributed by atoms with van der Waals surface area (Å²) in [6.07, 6.45) is 3.52. The van der Waals surface area contributed by atoms with Gasteiger partial charge >= 0.3 is 0 Å². The van der Waals surface area contributed by atoms with Crippen LogP contribution >= 0.6 is 12.4 Å². The Morgan fingerprint density at radius 2 is 2.00 bits per heavy atom. The van der Waals surface area contributed by atoms with Gasteiger partial charge in [-0.25, -0.2) is 0 Å². The highest BCUT2D eigenvalue weighted by Gasteiger charge is 2.49. The van der Waals surface area contributed by atoms with E-state index in [4.69, 9.17) is 10.5 Å². The molecule has 0 aromatic heterocycles. The van der Waals surface area contributed by atoms with Crippen molar-refractivity contribution in [1.29, 1.82) is 0 Å². The standard InChI is InChI=1S/C13H24N2O2.ClH/c1-13(2,17-3)7-15-12(16)10-8-4-5-9(6-8)11(10)14;/h8-11H,4-7,14H2,1-3H3,(H,15,16);1H. The lowest BCUT2D eigenvalue weighted by Gasteiger charge is -2.29. The molecule has 0 radical (unpaired) electrons. The molecule has 2 aliphatic rings. The fourth-order valence-corrected chi connectivity index (χ4v) is 3.21. The Kier molecular flexibility index (Phi) is 5.04. The first-order chi connectivity index (χ1) is 7.94. The lowest BCUT2D eigenvalue weighted by atomic mass is 9.84. The fourth-order valence-electron chi connectivity index (χ4n) is 3.21. The van der Waals surface area contributed by atoms with Gasteiger partial charge in [0.05, 0.1) is 11.5 Å². The van der Waals surface area contributed by atoms with Crippen molar-refractivity contribution in [2.24, 2.45) is 23.5 Å². The van der Waals surface area contributed by atoms with Crippen LogP contribution in [0.15, 0.2) is 0 Å². The van der Waals surface area contributed by atoms with E-state index in [1.807, 2.05) is 13.8 Å². The Balaban J connectivity index is 0.00000162. The van der Waals surface area contributed by atoms with E-state index in [0.29, 0.717) is 18.4 Å². The Morgan fingerprint density at radius 3 is 2.50 bits per heavy atom. The van der Waals surface area contributed by atoms with Crippen molar-refractivity contribution in [1.82, 2.24) is 5.32 Å². The van der Waals surface area contributed by atoms with Gasteiger partial charge in [-0.05, 0) is 44.9 Å². The summed E-state index contributed by atoms with van der Waals surface area (Å²) in [5, 5.41) is 2.99. The third kappa shape index (κ3) is 2.98. The molecule has 4 nitrogen and oxygen atoms in total. The van der Waals surface area contributed by atoms with E-state index in [-0.39, 0.29) is 35.9 Å². The molecule has 2 aliphatic carbocycles. The minimum absolute atomic E-state index is 0. The minimum Gasteiger partial charge on any atom is -0.377 e. The molecule has 0 aliphatic heterocycles. The van der Waals surface area contributed by atoms with Crippen LogP contribution in [0.4, 0.5) is 0 Å². The van der Waals surface area contributed by atoms with Gasteiger partial charge in [0.15, 0.2) is 0 Å². The average molecular weight is 277 g/mol. The molecular formula is C13H25ClN2O2. The molecule has 5 heteroatoms. The number of fused-ring (bicyclic) bond motifs is 2. The predicted octanol–water partition coefficient (Wildman–Crippen LogP) is 1.32. The first-order valence-corrected chi connectivity index (χ1v) is 6.53. The normalized spacial score (nSPS) is 34.2. The molecule has 2 saturated carbocycles. The molecule has 2 fully saturated rings. The molecule has 4 atom stereocenters. The maximum atomic E-state index is 12.2. The predicted molar refractivity (Wildman–Crippen MR) is 73.6 cm³/mol. The molecule has 2 bridgehead atoms. The van der Waals surface area contributed by atoms with Gasteiger partial charge < -0.3 is 15.8 Å². The molecule has 2 rings (SSSR count). The van der Waals surface area contributed by atoms with Crippen molar-refractivity contribution in [3.8, 4) is 0 Å². The van der Waals surface area contributed by atoms with E-state index in [0.717, 1.165) is 6.42 Å². The first kappa shape index (κ1) is 15.7. The van der Waals surface area contributed by atoms with Gasteiger partial charge in [-0.2, -0.15) is 0 Å². The summed E-state index contributed by atoms with van der Waals surface area (Å²) in [6, 6.07) is 0.0689. The number of halogens is 1. The number of amides is 1. The van der Waals surface area contributed by atoms with Crippen LogP contribution in [0.3, 0.4) is 0 Å². The molecule has 0 aromatic rings. The number of methoxy groups -OCH3 is 1. The molecule has 0 spiro atoms. The molecule has 0 saturated heterocycles. The summed E-state index contributed by atoms with van der Waals surface area (Å²) in [7, 11) is 1.66. The van der Waals surface area contributed by atoms with E-state index in [9.17, 15) is 4.79 Å². The second-order valence-electron chi connectivity index (χ2n) is 6.12. The Hall–Kier alpha value is -0.320. The van der Waals surface area contributed by atoms with Gasteiger partial charge in [-0.15, -0.1) is 12.4 Å². The van der Waals surface area contributed by atoms with Gasteiger partial charge in [0.1, 0.15) is 0 Å². The zero-order valence-corrected chi connectivity index (χ0v) is 12.3. The molecule has 0 heterocycles. The van der Waals surface area contributed by atoms with Crippen LogP contribution in [0.25, 0.3) is 0 Å². The third-order valence-electron chi connectivity index (χ3n) is 4.52. The largest absolute Gasteiger partial charge is 0.377 e. The summed E-state index contributed by atoms with van der Waals surface area (Å²) in [5.74, 6) is 1.24. The van der Waals surface area contributed by atoms with E-state index in [1.165, 1.54) is 12.8 Å². The number of carbonyl (C=O) groups is 1. The van der Waals surface area contributed by atoms with Gasteiger partial charge in [0.2, 0.25) is 5.91 Å². The van der Waals surface area contributed by atoms with Crippen LogP contribution in [0.1, 0.15) is 33.1 Å². The smallest absolute Gasteiger partial charge is 0.225 e.